The van der Waals surface area contributed by atoms with Gasteiger partial charge in [-0.3, -0.25) is 0 Å². The van der Waals surface area contributed by atoms with Gasteiger partial charge in [-0.05, 0) is 48.7 Å². The second-order valence-electron chi connectivity index (χ2n) is 6.13. The van der Waals surface area contributed by atoms with Gasteiger partial charge in [-0.15, -0.1) is 0 Å². The number of aryl methyl sites for hydroxylation is 1. The maximum absolute atomic E-state index is 12.4. The number of ether oxygens (including phenoxy) is 1. The van der Waals surface area contributed by atoms with E-state index in [2.05, 4.69) is 4.72 Å². The SMILES string of the molecule is CCS(=O)(=O)CCOc1ccc(S(=O)(=O)NCCc2ccccc2C)cc1. The van der Waals surface area contributed by atoms with Gasteiger partial charge in [-0.25, -0.2) is 21.6 Å². The van der Waals surface area contributed by atoms with Gasteiger partial charge in [-0.2, -0.15) is 0 Å². The van der Waals surface area contributed by atoms with Gasteiger partial charge in [0.1, 0.15) is 12.4 Å². The van der Waals surface area contributed by atoms with Crippen molar-refractivity contribution in [2.45, 2.75) is 25.2 Å². The molecule has 0 saturated carbocycles. The molecule has 0 amide bonds. The first-order valence-electron chi connectivity index (χ1n) is 8.71. The van der Waals surface area contributed by atoms with Crippen molar-refractivity contribution in [3.05, 3.63) is 59.7 Å². The number of hydrogen-bond donors (Lipinski definition) is 1. The number of hydrogen-bond acceptors (Lipinski definition) is 5. The van der Waals surface area contributed by atoms with Crippen LogP contribution in [0.25, 0.3) is 0 Å². The van der Waals surface area contributed by atoms with E-state index < -0.39 is 19.9 Å². The summed E-state index contributed by atoms with van der Waals surface area (Å²) in [5.41, 5.74) is 2.23. The average Bonchev–Trinajstić information content (AvgIpc) is 2.63. The van der Waals surface area contributed by atoms with Crippen LogP contribution < -0.4 is 9.46 Å². The third kappa shape index (κ3) is 6.64. The molecule has 6 nitrogen and oxygen atoms in total. The van der Waals surface area contributed by atoms with Crippen molar-refractivity contribution in [2.24, 2.45) is 0 Å². The van der Waals surface area contributed by atoms with Crippen LogP contribution in [-0.4, -0.2) is 41.5 Å². The molecule has 148 valence electrons. The van der Waals surface area contributed by atoms with Crippen molar-refractivity contribution in [3.63, 3.8) is 0 Å². The number of benzene rings is 2. The maximum atomic E-state index is 12.4. The molecule has 0 saturated heterocycles. The predicted molar refractivity (Wildman–Crippen MR) is 106 cm³/mol. The fraction of sp³-hybridized carbons (Fsp3) is 0.368. The van der Waals surface area contributed by atoms with E-state index in [0.717, 1.165) is 11.1 Å². The van der Waals surface area contributed by atoms with E-state index in [1.807, 2.05) is 31.2 Å². The van der Waals surface area contributed by atoms with E-state index in [-0.39, 0.29) is 23.0 Å². The Kier molecular flexibility index (Phi) is 7.41. The monoisotopic (exact) mass is 411 g/mol. The van der Waals surface area contributed by atoms with Crippen LogP contribution in [0.1, 0.15) is 18.1 Å². The zero-order chi connectivity index (χ0) is 19.9. The van der Waals surface area contributed by atoms with E-state index >= 15 is 0 Å². The third-order valence-electron chi connectivity index (χ3n) is 4.18. The average molecular weight is 412 g/mol. The zero-order valence-corrected chi connectivity index (χ0v) is 17.1. The van der Waals surface area contributed by atoms with Gasteiger partial charge in [-0.1, -0.05) is 31.2 Å². The molecule has 0 aliphatic rings. The van der Waals surface area contributed by atoms with Crippen LogP contribution in [0.5, 0.6) is 5.75 Å². The Morgan fingerprint density at radius 1 is 0.963 bits per heavy atom. The molecule has 1 N–H and O–H groups in total. The number of sulfonamides is 1. The van der Waals surface area contributed by atoms with Crippen LogP contribution in [0.15, 0.2) is 53.4 Å². The van der Waals surface area contributed by atoms with E-state index in [4.69, 9.17) is 4.74 Å². The van der Waals surface area contributed by atoms with E-state index in [1.165, 1.54) is 24.3 Å². The van der Waals surface area contributed by atoms with Crippen LogP contribution in [0.4, 0.5) is 0 Å². The summed E-state index contributed by atoms with van der Waals surface area (Å²) in [6.45, 7) is 3.92. The van der Waals surface area contributed by atoms with Crippen LogP contribution >= 0.6 is 0 Å². The molecular formula is C19H25NO5S2. The summed E-state index contributed by atoms with van der Waals surface area (Å²) in [7, 11) is -6.70. The van der Waals surface area contributed by atoms with Gasteiger partial charge in [0, 0.05) is 12.3 Å². The van der Waals surface area contributed by atoms with Crippen LogP contribution in [0, 0.1) is 6.92 Å². The fourth-order valence-electron chi connectivity index (χ4n) is 2.44. The van der Waals surface area contributed by atoms with Crippen molar-refractivity contribution in [1.82, 2.24) is 4.72 Å². The normalized spacial score (nSPS) is 12.1. The van der Waals surface area contributed by atoms with Gasteiger partial charge in [0.15, 0.2) is 9.84 Å². The Hall–Kier alpha value is -1.90. The van der Waals surface area contributed by atoms with Gasteiger partial charge < -0.3 is 4.74 Å². The summed E-state index contributed by atoms with van der Waals surface area (Å²) in [6.07, 6.45) is 0.610. The first-order chi connectivity index (χ1) is 12.7. The highest BCUT2D eigenvalue weighted by molar-refractivity contribution is 7.91. The molecule has 0 radical (unpaired) electrons. The standard InChI is InChI=1S/C19H25NO5S2/c1-3-26(21,22)15-14-25-18-8-10-19(11-9-18)27(23,24)20-13-12-17-7-5-4-6-16(17)2/h4-11,20H,3,12-15H2,1-2H3. The first kappa shape index (κ1) is 21.4. The minimum absolute atomic E-state index is 0.0386. The highest BCUT2D eigenvalue weighted by Crippen LogP contribution is 2.16. The second kappa shape index (κ2) is 9.34. The molecule has 0 spiro atoms. The number of sulfone groups is 1. The molecule has 2 aromatic rings. The Bertz CT molecular complexity index is 952. The van der Waals surface area contributed by atoms with Crippen molar-refractivity contribution in [2.75, 3.05) is 24.7 Å². The van der Waals surface area contributed by atoms with Crippen LogP contribution in [0.3, 0.4) is 0 Å². The molecule has 0 bridgehead atoms. The Balaban J connectivity index is 1.89. The molecule has 0 aliphatic carbocycles. The topological polar surface area (TPSA) is 89.5 Å². The number of rotatable bonds is 10. The quantitative estimate of drug-likeness (QED) is 0.648. The summed E-state index contributed by atoms with van der Waals surface area (Å²) in [4.78, 5) is 0.140. The zero-order valence-electron chi connectivity index (χ0n) is 15.5. The molecule has 8 heteroatoms. The second-order valence-corrected chi connectivity index (χ2v) is 10.4. The summed E-state index contributed by atoms with van der Waals surface area (Å²) in [6, 6.07) is 13.8. The van der Waals surface area contributed by atoms with Crippen molar-refractivity contribution >= 4 is 19.9 Å². The smallest absolute Gasteiger partial charge is 0.240 e. The van der Waals surface area contributed by atoms with Crippen LogP contribution in [-0.2, 0) is 26.3 Å². The van der Waals surface area contributed by atoms with Crippen LogP contribution in [0.2, 0.25) is 0 Å². The van der Waals surface area contributed by atoms with E-state index in [9.17, 15) is 16.8 Å². The van der Waals surface area contributed by atoms with Crippen molar-refractivity contribution < 1.29 is 21.6 Å². The van der Waals surface area contributed by atoms with Gasteiger partial charge in [0.05, 0.1) is 10.6 Å². The predicted octanol–water partition coefficient (Wildman–Crippen LogP) is 2.33. The minimum atomic E-state index is -3.61. The van der Waals surface area contributed by atoms with Gasteiger partial charge in [0.2, 0.25) is 10.0 Å². The van der Waals surface area contributed by atoms with E-state index in [0.29, 0.717) is 18.7 Å². The van der Waals surface area contributed by atoms with E-state index in [1.54, 1.807) is 6.92 Å². The Labute approximate surface area is 161 Å². The highest BCUT2D eigenvalue weighted by atomic mass is 32.2. The Morgan fingerprint density at radius 3 is 2.26 bits per heavy atom. The summed E-state index contributed by atoms with van der Waals surface area (Å²) >= 11 is 0. The molecule has 0 aliphatic heterocycles. The lowest BCUT2D eigenvalue weighted by atomic mass is 10.1. The number of nitrogens with one attached hydrogen (secondary N) is 1. The third-order valence-corrected chi connectivity index (χ3v) is 7.33. The molecule has 2 aromatic carbocycles. The molecule has 0 unspecified atom stereocenters. The molecule has 0 aromatic heterocycles. The fourth-order valence-corrected chi connectivity index (χ4v) is 4.10. The maximum Gasteiger partial charge on any atom is 0.240 e. The minimum Gasteiger partial charge on any atom is -0.493 e. The summed E-state index contributed by atoms with van der Waals surface area (Å²) in [5.74, 6) is 0.436. The largest absolute Gasteiger partial charge is 0.493 e. The lowest BCUT2D eigenvalue weighted by Crippen LogP contribution is -2.26. The Morgan fingerprint density at radius 2 is 1.63 bits per heavy atom. The molecule has 2 rings (SSSR count). The molecule has 0 fully saturated rings. The van der Waals surface area contributed by atoms with Crippen molar-refractivity contribution in [1.29, 1.82) is 0 Å². The lowest BCUT2D eigenvalue weighted by Gasteiger charge is -2.10. The molecular weight excluding hydrogens is 386 g/mol. The first-order valence-corrected chi connectivity index (χ1v) is 12.0. The van der Waals surface area contributed by atoms with Crippen molar-refractivity contribution in [3.8, 4) is 5.75 Å². The highest BCUT2D eigenvalue weighted by Gasteiger charge is 2.14. The van der Waals surface area contributed by atoms with Gasteiger partial charge in [0.25, 0.3) is 0 Å². The lowest BCUT2D eigenvalue weighted by molar-refractivity contribution is 0.340. The van der Waals surface area contributed by atoms with Gasteiger partial charge >= 0.3 is 0 Å². The summed E-state index contributed by atoms with van der Waals surface area (Å²) in [5, 5.41) is 0. The molecule has 27 heavy (non-hydrogen) atoms. The molecule has 0 heterocycles. The molecule has 0 atom stereocenters. The summed E-state index contributed by atoms with van der Waals surface area (Å²) < 4.78 is 55.6.